The van der Waals surface area contributed by atoms with Crippen molar-refractivity contribution in [3.63, 3.8) is 0 Å². The van der Waals surface area contributed by atoms with E-state index in [-0.39, 0.29) is 0 Å². The van der Waals surface area contributed by atoms with Crippen molar-refractivity contribution in [2.45, 2.75) is 38.1 Å². The SMILES string of the molecule is O=Cc1nccn1C1CCCCC1. The molecule has 0 radical (unpaired) electrons. The maximum atomic E-state index is 10.6. The number of nitrogens with zero attached hydrogens (tertiary/aromatic N) is 2. The Bertz CT molecular complexity index is 287. The Morgan fingerprint density at radius 1 is 1.38 bits per heavy atom. The van der Waals surface area contributed by atoms with E-state index in [1.54, 1.807) is 6.20 Å². The molecule has 1 fully saturated rings. The van der Waals surface area contributed by atoms with Crippen LogP contribution in [0, 0.1) is 0 Å². The van der Waals surface area contributed by atoms with Crippen LogP contribution in [0.4, 0.5) is 0 Å². The van der Waals surface area contributed by atoms with Gasteiger partial charge in [-0.3, -0.25) is 4.79 Å². The van der Waals surface area contributed by atoms with E-state index in [9.17, 15) is 4.79 Å². The Morgan fingerprint density at radius 2 is 2.15 bits per heavy atom. The minimum absolute atomic E-state index is 0.511. The van der Waals surface area contributed by atoms with Gasteiger partial charge in [-0.15, -0.1) is 0 Å². The van der Waals surface area contributed by atoms with E-state index in [0.29, 0.717) is 11.9 Å². The lowest BCUT2D eigenvalue weighted by Crippen LogP contribution is -2.14. The Labute approximate surface area is 77.8 Å². The van der Waals surface area contributed by atoms with Gasteiger partial charge in [0.05, 0.1) is 0 Å². The fraction of sp³-hybridized carbons (Fsp3) is 0.600. The molecule has 3 heteroatoms. The van der Waals surface area contributed by atoms with Crippen LogP contribution in [0.5, 0.6) is 0 Å². The number of imidazole rings is 1. The van der Waals surface area contributed by atoms with Crippen molar-refractivity contribution in [1.82, 2.24) is 9.55 Å². The molecular formula is C10H14N2O. The largest absolute Gasteiger partial charge is 0.326 e. The maximum absolute atomic E-state index is 10.6. The molecule has 2 rings (SSSR count). The summed E-state index contributed by atoms with van der Waals surface area (Å²) in [6.07, 6.45) is 10.7. The monoisotopic (exact) mass is 178 g/mol. The van der Waals surface area contributed by atoms with E-state index in [1.165, 1.54) is 32.1 Å². The second-order valence-electron chi connectivity index (χ2n) is 3.60. The molecule has 1 saturated carbocycles. The van der Waals surface area contributed by atoms with Crippen molar-refractivity contribution in [2.75, 3.05) is 0 Å². The van der Waals surface area contributed by atoms with Gasteiger partial charge < -0.3 is 4.57 Å². The fourth-order valence-corrected chi connectivity index (χ4v) is 2.08. The van der Waals surface area contributed by atoms with Crippen LogP contribution in [0.2, 0.25) is 0 Å². The Morgan fingerprint density at radius 3 is 2.85 bits per heavy atom. The van der Waals surface area contributed by atoms with Gasteiger partial charge in [0.1, 0.15) is 0 Å². The zero-order chi connectivity index (χ0) is 9.10. The lowest BCUT2D eigenvalue weighted by atomic mass is 9.95. The molecule has 0 spiro atoms. The summed E-state index contributed by atoms with van der Waals surface area (Å²) in [5.74, 6) is 0.576. The molecule has 13 heavy (non-hydrogen) atoms. The predicted octanol–water partition coefficient (Wildman–Crippen LogP) is 2.20. The summed E-state index contributed by atoms with van der Waals surface area (Å²) >= 11 is 0. The van der Waals surface area contributed by atoms with Gasteiger partial charge in [0.25, 0.3) is 0 Å². The molecule has 0 N–H and O–H groups in total. The van der Waals surface area contributed by atoms with Gasteiger partial charge in [-0.1, -0.05) is 19.3 Å². The Kier molecular flexibility index (Phi) is 2.43. The molecule has 1 aliphatic rings. The van der Waals surface area contributed by atoms with Crippen molar-refractivity contribution in [2.24, 2.45) is 0 Å². The van der Waals surface area contributed by atoms with Gasteiger partial charge in [-0.2, -0.15) is 0 Å². The molecule has 0 atom stereocenters. The zero-order valence-electron chi connectivity index (χ0n) is 7.65. The molecule has 0 aliphatic heterocycles. The van der Waals surface area contributed by atoms with E-state index < -0.39 is 0 Å². The van der Waals surface area contributed by atoms with E-state index in [0.717, 1.165) is 6.29 Å². The van der Waals surface area contributed by atoms with Crippen molar-refractivity contribution in [1.29, 1.82) is 0 Å². The van der Waals surface area contributed by atoms with Crippen LogP contribution >= 0.6 is 0 Å². The summed E-state index contributed by atoms with van der Waals surface area (Å²) in [7, 11) is 0. The molecule has 1 aromatic heterocycles. The molecule has 1 aromatic rings. The first-order chi connectivity index (χ1) is 6.42. The molecular weight excluding hydrogens is 164 g/mol. The number of hydrogen-bond acceptors (Lipinski definition) is 2. The van der Waals surface area contributed by atoms with Gasteiger partial charge in [0.2, 0.25) is 0 Å². The first-order valence-corrected chi connectivity index (χ1v) is 4.90. The highest BCUT2D eigenvalue weighted by molar-refractivity contribution is 5.69. The van der Waals surface area contributed by atoms with Crippen LogP contribution in [0.1, 0.15) is 48.8 Å². The third-order valence-electron chi connectivity index (χ3n) is 2.77. The lowest BCUT2D eigenvalue weighted by Gasteiger charge is -2.23. The third kappa shape index (κ3) is 1.64. The van der Waals surface area contributed by atoms with E-state index in [1.807, 2.05) is 10.8 Å². The van der Waals surface area contributed by atoms with Gasteiger partial charge in [0, 0.05) is 18.4 Å². The van der Waals surface area contributed by atoms with E-state index in [2.05, 4.69) is 4.98 Å². The maximum Gasteiger partial charge on any atom is 0.185 e. The van der Waals surface area contributed by atoms with Crippen molar-refractivity contribution < 1.29 is 4.79 Å². The first kappa shape index (κ1) is 8.48. The second-order valence-corrected chi connectivity index (χ2v) is 3.60. The van der Waals surface area contributed by atoms with Gasteiger partial charge in [-0.05, 0) is 12.8 Å². The number of carbonyl (C=O) groups excluding carboxylic acids is 1. The molecule has 70 valence electrons. The van der Waals surface area contributed by atoms with Crippen molar-refractivity contribution >= 4 is 6.29 Å². The summed E-state index contributed by atoms with van der Waals surface area (Å²) in [4.78, 5) is 14.7. The topological polar surface area (TPSA) is 34.9 Å². The number of aromatic nitrogens is 2. The molecule has 0 amide bonds. The van der Waals surface area contributed by atoms with E-state index >= 15 is 0 Å². The Balaban J connectivity index is 2.17. The van der Waals surface area contributed by atoms with Crippen LogP contribution in [0.25, 0.3) is 0 Å². The number of rotatable bonds is 2. The van der Waals surface area contributed by atoms with Crippen LogP contribution in [-0.2, 0) is 0 Å². The average molecular weight is 178 g/mol. The number of aldehydes is 1. The van der Waals surface area contributed by atoms with Gasteiger partial charge >= 0.3 is 0 Å². The van der Waals surface area contributed by atoms with Crippen LogP contribution in [-0.4, -0.2) is 15.8 Å². The van der Waals surface area contributed by atoms with Gasteiger partial charge in [-0.25, -0.2) is 4.98 Å². The normalized spacial score (nSPS) is 18.8. The summed E-state index contributed by atoms with van der Waals surface area (Å²) in [6.45, 7) is 0. The first-order valence-electron chi connectivity index (χ1n) is 4.90. The highest BCUT2D eigenvalue weighted by atomic mass is 16.1. The summed E-state index contributed by atoms with van der Waals surface area (Å²) in [5, 5.41) is 0. The second kappa shape index (κ2) is 3.73. The standard InChI is InChI=1S/C10H14N2O/c13-8-10-11-6-7-12(10)9-4-2-1-3-5-9/h6-9H,1-5H2. The van der Waals surface area contributed by atoms with Gasteiger partial charge in [0.15, 0.2) is 12.1 Å². The molecule has 0 unspecified atom stereocenters. The highest BCUT2D eigenvalue weighted by Gasteiger charge is 2.16. The van der Waals surface area contributed by atoms with Crippen LogP contribution in [0.15, 0.2) is 12.4 Å². The molecule has 1 aliphatic carbocycles. The molecule has 3 nitrogen and oxygen atoms in total. The van der Waals surface area contributed by atoms with Crippen LogP contribution < -0.4 is 0 Å². The van der Waals surface area contributed by atoms with Crippen molar-refractivity contribution in [3.05, 3.63) is 18.2 Å². The lowest BCUT2D eigenvalue weighted by molar-refractivity contribution is 0.110. The zero-order valence-corrected chi connectivity index (χ0v) is 7.65. The van der Waals surface area contributed by atoms with Crippen LogP contribution in [0.3, 0.4) is 0 Å². The number of carbonyl (C=O) groups is 1. The third-order valence-corrected chi connectivity index (χ3v) is 2.77. The van der Waals surface area contributed by atoms with E-state index in [4.69, 9.17) is 0 Å². The Hall–Kier alpha value is -1.12. The minimum atomic E-state index is 0.511. The summed E-state index contributed by atoms with van der Waals surface area (Å²) in [6, 6.07) is 0.511. The molecule has 0 aromatic carbocycles. The molecule has 0 bridgehead atoms. The van der Waals surface area contributed by atoms with Crippen molar-refractivity contribution in [3.8, 4) is 0 Å². The predicted molar refractivity (Wildman–Crippen MR) is 49.7 cm³/mol. The molecule has 0 saturated heterocycles. The molecule has 1 heterocycles. The fourth-order valence-electron chi connectivity index (χ4n) is 2.08. The quantitative estimate of drug-likeness (QED) is 0.651. The summed E-state index contributed by atoms with van der Waals surface area (Å²) < 4.78 is 2.02. The smallest absolute Gasteiger partial charge is 0.185 e. The number of hydrogen-bond donors (Lipinski definition) is 0. The summed E-state index contributed by atoms with van der Waals surface area (Å²) in [5.41, 5.74) is 0. The minimum Gasteiger partial charge on any atom is -0.326 e. The average Bonchev–Trinajstić information content (AvgIpc) is 2.67. The highest BCUT2D eigenvalue weighted by Crippen LogP contribution is 2.28.